The minimum absolute atomic E-state index is 0. The molecule has 1 unspecified atom stereocenters. The van der Waals surface area contributed by atoms with Gasteiger partial charge < -0.3 is 10.6 Å². The van der Waals surface area contributed by atoms with Gasteiger partial charge in [0.25, 0.3) is 0 Å². The van der Waals surface area contributed by atoms with Crippen molar-refractivity contribution in [2.45, 2.75) is 32.2 Å². The van der Waals surface area contributed by atoms with Crippen molar-refractivity contribution in [1.82, 2.24) is 4.90 Å². The van der Waals surface area contributed by atoms with Gasteiger partial charge in [0.1, 0.15) is 6.04 Å². The van der Waals surface area contributed by atoms with Crippen LogP contribution in [0.15, 0.2) is 24.3 Å². The molecule has 0 aromatic heterocycles. The molecular weight excluding hydrogens is 260 g/mol. The lowest BCUT2D eigenvalue weighted by molar-refractivity contribution is -0.132. The first-order valence-electron chi connectivity index (χ1n) is 6.65. The predicted molar refractivity (Wildman–Crippen MR) is 80.3 cm³/mol. The Bertz CT molecular complexity index is 415. The van der Waals surface area contributed by atoms with E-state index in [1.807, 2.05) is 38.2 Å². The average molecular weight is 283 g/mol. The van der Waals surface area contributed by atoms with Gasteiger partial charge in [0.2, 0.25) is 5.91 Å². The number of carbonyl (C=O) groups excluding carboxylic acids is 1. The van der Waals surface area contributed by atoms with E-state index in [0.717, 1.165) is 12.1 Å². The van der Waals surface area contributed by atoms with Crippen LogP contribution in [-0.2, 0) is 4.79 Å². The van der Waals surface area contributed by atoms with Crippen LogP contribution in [0.1, 0.15) is 36.4 Å². The Morgan fingerprint density at radius 3 is 2.42 bits per heavy atom. The van der Waals surface area contributed by atoms with Crippen molar-refractivity contribution in [2.75, 3.05) is 13.6 Å². The monoisotopic (exact) mass is 282 g/mol. The number of carbonyl (C=O) groups is 1. The molecule has 19 heavy (non-hydrogen) atoms. The molecule has 0 spiro atoms. The van der Waals surface area contributed by atoms with Gasteiger partial charge in [-0.3, -0.25) is 4.79 Å². The van der Waals surface area contributed by atoms with E-state index in [4.69, 9.17) is 5.73 Å². The van der Waals surface area contributed by atoms with Crippen LogP contribution in [0.25, 0.3) is 0 Å². The summed E-state index contributed by atoms with van der Waals surface area (Å²) < 4.78 is 0. The maximum atomic E-state index is 12.2. The van der Waals surface area contributed by atoms with Crippen LogP contribution in [0, 0.1) is 12.8 Å². The SMILES string of the molecule is Cc1ccc(C(N)C(=O)N(C)CC2CCC2)cc1.Cl. The molecule has 1 saturated carbocycles. The molecule has 0 heterocycles. The lowest BCUT2D eigenvalue weighted by atomic mass is 9.85. The first kappa shape index (κ1) is 16.0. The Balaban J connectivity index is 0.00000180. The minimum Gasteiger partial charge on any atom is -0.344 e. The fraction of sp³-hybridized carbons (Fsp3) is 0.533. The van der Waals surface area contributed by atoms with Crippen LogP contribution < -0.4 is 5.73 Å². The van der Waals surface area contributed by atoms with Crippen molar-refractivity contribution in [3.8, 4) is 0 Å². The van der Waals surface area contributed by atoms with Gasteiger partial charge in [0.05, 0.1) is 0 Å². The van der Waals surface area contributed by atoms with E-state index in [2.05, 4.69) is 0 Å². The summed E-state index contributed by atoms with van der Waals surface area (Å²) in [5.74, 6) is 0.704. The second-order valence-electron chi connectivity index (χ2n) is 5.40. The van der Waals surface area contributed by atoms with Gasteiger partial charge in [0, 0.05) is 13.6 Å². The molecule has 1 amide bonds. The molecule has 1 fully saturated rings. The van der Waals surface area contributed by atoms with E-state index in [1.165, 1.54) is 24.8 Å². The molecular formula is C15H23ClN2O. The number of hydrogen-bond acceptors (Lipinski definition) is 2. The van der Waals surface area contributed by atoms with Crippen molar-refractivity contribution in [3.63, 3.8) is 0 Å². The summed E-state index contributed by atoms with van der Waals surface area (Å²) >= 11 is 0. The van der Waals surface area contributed by atoms with Crippen LogP contribution in [0.3, 0.4) is 0 Å². The number of nitrogens with zero attached hydrogens (tertiary/aromatic N) is 1. The van der Waals surface area contributed by atoms with E-state index in [9.17, 15) is 4.79 Å². The van der Waals surface area contributed by atoms with Gasteiger partial charge in [-0.05, 0) is 31.2 Å². The van der Waals surface area contributed by atoms with E-state index >= 15 is 0 Å². The molecule has 1 aliphatic carbocycles. The molecule has 0 aliphatic heterocycles. The summed E-state index contributed by atoms with van der Waals surface area (Å²) in [6.45, 7) is 2.87. The molecule has 1 aromatic carbocycles. The number of hydrogen-bond donors (Lipinski definition) is 1. The number of likely N-dealkylation sites (N-methyl/N-ethyl adjacent to an activating group) is 1. The fourth-order valence-corrected chi connectivity index (χ4v) is 2.31. The highest BCUT2D eigenvalue weighted by atomic mass is 35.5. The molecule has 1 aromatic rings. The zero-order chi connectivity index (χ0) is 13.1. The quantitative estimate of drug-likeness (QED) is 0.923. The van der Waals surface area contributed by atoms with Gasteiger partial charge in [-0.15, -0.1) is 12.4 Å². The zero-order valence-electron chi connectivity index (χ0n) is 11.6. The topological polar surface area (TPSA) is 46.3 Å². The highest BCUT2D eigenvalue weighted by molar-refractivity contribution is 5.85. The summed E-state index contributed by atoms with van der Waals surface area (Å²) in [4.78, 5) is 14.0. The average Bonchev–Trinajstić information content (AvgIpc) is 2.32. The van der Waals surface area contributed by atoms with Crippen LogP contribution in [-0.4, -0.2) is 24.4 Å². The summed E-state index contributed by atoms with van der Waals surface area (Å²) in [7, 11) is 1.86. The van der Waals surface area contributed by atoms with Crippen LogP contribution in [0.4, 0.5) is 0 Å². The molecule has 2 N–H and O–H groups in total. The first-order chi connectivity index (χ1) is 8.58. The van der Waals surface area contributed by atoms with Crippen LogP contribution >= 0.6 is 12.4 Å². The summed E-state index contributed by atoms with van der Waals surface area (Å²) in [6.07, 6.45) is 3.80. The third kappa shape index (κ3) is 3.95. The third-order valence-corrected chi connectivity index (χ3v) is 3.84. The van der Waals surface area contributed by atoms with Gasteiger partial charge in [-0.2, -0.15) is 0 Å². The maximum absolute atomic E-state index is 12.2. The second-order valence-corrected chi connectivity index (χ2v) is 5.40. The largest absolute Gasteiger partial charge is 0.344 e. The van der Waals surface area contributed by atoms with Crippen LogP contribution in [0.5, 0.6) is 0 Å². The molecule has 0 saturated heterocycles. The standard InChI is InChI=1S/C15H22N2O.ClH/c1-11-6-8-13(9-7-11)14(16)15(18)17(2)10-12-4-3-5-12;/h6-9,12,14H,3-5,10,16H2,1-2H3;1H. The molecule has 0 bridgehead atoms. The summed E-state index contributed by atoms with van der Waals surface area (Å²) in [6, 6.07) is 7.34. The van der Waals surface area contributed by atoms with Crippen molar-refractivity contribution in [2.24, 2.45) is 11.7 Å². The number of aryl methyl sites for hydroxylation is 1. The van der Waals surface area contributed by atoms with Gasteiger partial charge in [-0.1, -0.05) is 36.2 Å². The van der Waals surface area contributed by atoms with Crippen molar-refractivity contribution < 1.29 is 4.79 Å². The van der Waals surface area contributed by atoms with E-state index in [0.29, 0.717) is 5.92 Å². The molecule has 106 valence electrons. The zero-order valence-corrected chi connectivity index (χ0v) is 12.5. The van der Waals surface area contributed by atoms with E-state index < -0.39 is 6.04 Å². The van der Waals surface area contributed by atoms with E-state index in [1.54, 1.807) is 4.90 Å². The van der Waals surface area contributed by atoms with Gasteiger partial charge in [0.15, 0.2) is 0 Å². The van der Waals surface area contributed by atoms with Crippen molar-refractivity contribution >= 4 is 18.3 Å². The van der Waals surface area contributed by atoms with Crippen molar-refractivity contribution in [3.05, 3.63) is 35.4 Å². The van der Waals surface area contributed by atoms with Crippen LogP contribution in [0.2, 0.25) is 0 Å². The summed E-state index contributed by atoms with van der Waals surface area (Å²) in [5.41, 5.74) is 8.11. The van der Waals surface area contributed by atoms with Gasteiger partial charge in [-0.25, -0.2) is 0 Å². The van der Waals surface area contributed by atoms with Crippen molar-refractivity contribution in [1.29, 1.82) is 0 Å². The summed E-state index contributed by atoms with van der Waals surface area (Å²) in [5, 5.41) is 0. The fourth-order valence-electron chi connectivity index (χ4n) is 2.31. The Kier molecular flexibility index (Phi) is 5.83. The smallest absolute Gasteiger partial charge is 0.243 e. The highest BCUT2D eigenvalue weighted by Gasteiger charge is 2.24. The lowest BCUT2D eigenvalue weighted by Gasteiger charge is -2.31. The second kappa shape index (κ2) is 6.92. The Morgan fingerprint density at radius 2 is 1.95 bits per heavy atom. The molecule has 1 aliphatic rings. The Hall–Kier alpha value is -1.06. The first-order valence-corrected chi connectivity index (χ1v) is 6.65. The molecule has 3 nitrogen and oxygen atoms in total. The predicted octanol–water partition coefficient (Wildman–Crippen LogP) is 2.68. The molecule has 1 atom stereocenters. The number of halogens is 1. The highest BCUT2D eigenvalue weighted by Crippen LogP contribution is 2.27. The molecule has 4 heteroatoms. The molecule has 2 rings (SSSR count). The minimum atomic E-state index is -0.532. The number of rotatable bonds is 4. The third-order valence-electron chi connectivity index (χ3n) is 3.84. The maximum Gasteiger partial charge on any atom is 0.243 e. The van der Waals surface area contributed by atoms with E-state index in [-0.39, 0.29) is 18.3 Å². The Morgan fingerprint density at radius 1 is 1.37 bits per heavy atom. The van der Waals surface area contributed by atoms with Gasteiger partial charge >= 0.3 is 0 Å². The molecule has 0 radical (unpaired) electrons. The number of amides is 1. The lowest BCUT2D eigenvalue weighted by Crippen LogP contribution is -2.39. The number of benzene rings is 1. The normalized spacial score (nSPS) is 16.2. The number of nitrogens with two attached hydrogens (primary N) is 1. The Labute approximate surface area is 121 Å².